The normalized spacial score (nSPS) is 13.2. The monoisotopic (exact) mass is 245 g/mol. The van der Waals surface area contributed by atoms with Crippen LogP contribution < -0.4 is 16.6 Å². The van der Waals surface area contributed by atoms with Gasteiger partial charge < -0.3 is 5.32 Å². The summed E-state index contributed by atoms with van der Waals surface area (Å²) in [7, 11) is -3.01. The number of nitrogens with two attached hydrogens (primary N) is 1. The average molecular weight is 245 g/mol. The Balaban J connectivity index is 2.65. The van der Waals surface area contributed by atoms with Crippen LogP contribution in [0.1, 0.15) is 6.92 Å². The fourth-order valence-corrected chi connectivity index (χ4v) is 2.25. The molecule has 0 bridgehead atoms. The highest BCUT2D eigenvalue weighted by molar-refractivity contribution is 7.90. The van der Waals surface area contributed by atoms with Crippen molar-refractivity contribution < 1.29 is 8.42 Å². The summed E-state index contributed by atoms with van der Waals surface area (Å²) < 4.78 is 22.1. The van der Waals surface area contributed by atoms with E-state index in [-0.39, 0.29) is 17.7 Å². The number of hydrogen-bond donors (Lipinski definition) is 3. The van der Waals surface area contributed by atoms with Crippen molar-refractivity contribution in [3.05, 3.63) is 12.3 Å². The van der Waals surface area contributed by atoms with Crippen molar-refractivity contribution in [3.63, 3.8) is 0 Å². The minimum Gasteiger partial charge on any atom is -0.366 e. The molecule has 1 rings (SSSR count). The molecule has 1 aromatic heterocycles. The maximum Gasteiger partial charge on any atom is 0.239 e. The second kappa shape index (κ2) is 5.08. The first-order valence-electron chi connectivity index (χ1n) is 4.64. The van der Waals surface area contributed by atoms with Crippen LogP contribution in [0.2, 0.25) is 0 Å². The molecule has 1 aromatic rings. The zero-order chi connectivity index (χ0) is 12.2. The van der Waals surface area contributed by atoms with E-state index in [1.54, 1.807) is 13.0 Å². The second-order valence-electron chi connectivity index (χ2n) is 3.55. The molecule has 0 saturated heterocycles. The van der Waals surface area contributed by atoms with E-state index < -0.39 is 9.84 Å². The Morgan fingerprint density at radius 3 is 2.81 bits per heavy atom. The highest BCUT2D eigenvalue weighted by Gasteiger charge is 2.10. The van der Waals surface area contributed by atoms with Crippen LogP contribution in [-0.4, -0.2) is 36.4 Å². The topological polar surface area (TPSA) is 110 Å². The summed E-state index contributed by atoms with van der Waals surface area (Å²) in [6.45, 7) is 1.76. The standard InChI is InChI=1S/C8H15N5O2S/c1-6(5-16(2,14)15)11-7-3-4-10-8(12-7)13-9/h3-4,6H,5,9H2,1-2H3,(H2,10,11,12,13). The lowest BCUT2D eigenvalue weighted by Gasteiger charge is -2.13. The first-order chi connectivity index (χ1) is 7.40. The number of nitrogens with zero attached hydrogens (tertiary/aromatic N) is 2. The molecule has 0 aliphatic carbocycles. The molecule has 0 saturated carbocycles. The van der Waals surface area contributed by atoms with Gasteiger partial charge in [-0.05, 0) is 13.0 Å². The Labute approximate surface area is 94.4 Å². The number of sulfone groups is 1. The summed E-state index contributed by atoms with van der Waals surface area (Å²) in [5.74, 6) is 6.00. The van der Waals surface area contributed by atoms with Gasteiger partial charge in [0.15, 0.2) is 0 Å². The molecule has 1 heterocycles. The zero-order valence-corrected chi connectivity index (χ0v) is 9.95. The minimum absolute atomic E-state index is 0.0440. The second-order valence-corrected chi connectivity index (χ2v) is 5.73. The third kappa shape index (κ3) is 4.41. The Morgan fingerprint density at radius 1 is 1.56 bits per heavy atom. The number of hydrogen-bond acceptors (Lipinski definition) is 7. The van der Waals surface area contributed by atoms with Crippen molar-refractivity contribution in [2.24, 2.45) is 5.84 Å². The molecule has 0 fully saturated rings. The Hall–Kier alpha value is -1.41. The summed E-state index contributed by atoms with van der Waals surface area (Å²) in [5, 5.41) is 2.95. The Morgan fingerprint density at radius 2 is 2.25 bits per heavy atom. The zero-order valence-electron chi connectivity index (χ0n) is 9.14. The van der Waals surface area contributed by atoms with Crippen LogP contribution in [0.25, 0.3) is 0 Å². The third-order valence-electron chi connectivity index (χ3n) is 1.73. The first kappa shape index (κ1) is 12.7. The van der Waals surface area contributed by atoms with E-state index >= 15 is 0 Å². The molecular weight excluding hydrogens is 230 g/mol. The van der Waals surface area contributed by atoms with E-state index in [4.69, 9.17) is 5.84 Å². The maximum absolute atomic E-state index is 11.0. The highest BCUT2D eigenvalue weighted by atomic mass is 32.2. The number of nitrogens with one attached hydrogen (secondary N) is 2. The number of rotatable bonds is 5. The van der Waals surface area contributed by atoms with Crippen LogP contribution in [0, 0.1) is 0 Å². The smallest absolute Gasteiger partial charge is 0.239 e. The Bertz CT molecular complexity index is 447. The van der Waals surface area contributed by atoms with Gasteiger partial charge in [0.05, 0.1) is 5.75 Å². The van der Waals surface area contributed by atoms with Crippen LogP contribution in [-0.2, 0) is 9.84 Å². The molecule has 0 spiro atoms. The van der Waals surface area contributed by atoms with Gasteiger partial charge in [0.1, 0.15) is 15.7 Å². The summed E-state index contributed by atoms with van der Waals surface area (Å²) in [5.41, 5.74) is 2.31. The lowest BCUT2D eigenvalue weighted by molar-refractivity contribution is 0.598. The summed E-state index contributed by atoms with van der Waals surface area (Å²) in [6.07, 6.45) is 2.72. The third-order valence-corrected chi connectivity index (χ3v) is 2.84. The van der Waals surface area contributed by atoms with Crippen molar-refractivity contribution in [1.29, 1.82) is 0 Å². The molecule has 0 aromatic carbocycles. The molecule has 0 aliphatic heterocycles. The van der Waals surface area contributed by atoms with Gasteiger partial charge in [0, 0.05) is 18.5 Å². The molecule has 0 amide bonds. The fraction of sp³-hybridized carbons (Fsp3) is 0.500. The van der Waals surface area contributed by atoms with Crippen LogP contribution in [0.5, 0.6) is 0 Å². The SMILES string of the molecule is CC(CS(C)(=O)=O)Nc1ccnc(NN)n1. The summed E-state index contributed by atoms with van der Waals surface area (Å²) >= 11 is 0. The van der Waals surface area contributed by atoms with Gasteiger partial charge in [-0.2, -0.15) is 4.98 Å². The predicted molar refractivity (Wildman–Crippen MR) is 62.6 cm³/mol. The Kier molecular flexibility index (Phi) is 4.02. The highest BCUT2D eigenvalue weighted by Crippen LogP contribution is 2.06. The predicted octanol–water partition coefficient (Wildman–Crippen LogP) is -0.393. The van der Waals surface area contributed by atoms with E-state index in [0.29, 0.717) is 5.82 Å². The molecule has 4 N–H and O–H groups in total. The largest absolute Gasteiger partial charge is 0.366 e. The maximum atomic E-state index is 11.0. The number of anilines is 2. The van der Waals surface area contributed by atoms with Gasteiger partial charge in [-0.3, -0.25) is 5.43 Å². The first-order valence-corrected chi connectivity index (χ1v) is 6.70. The van der Waals surface area contributed by atoms with Gasteiger partial charge in [0.25, 0.3) is 0 Å². The van der Waals surface area contributed by atoms with Crippen molar-refractivity contribution in [2.45, 2.75) is 13.0 Å². The molecule has 0 radical (unpaired) electrons. The quantitative estimate of drug-likeness (QED) is 0.478. The van der Waals surface area contributed by atoms with Crippen molar-refractivity contribution in [2.75, 3.05) is 22.8 Å². The van der Waals surface area contributed by atoms with E-state index in [0.717, 1.165) is 0 Å². The van der Waals surface area contributed by atoms with Gasteiger partial charge >= 0.3 is 0 Å². The van der Waals surface area contributed by atoms with Crippen molar-refractivity contribution in [1.82, 2.24) is 9.97 Å². The van der Waals surface area contributed by atoms with E-state index in [9.17, 15) is 8.42 Å². The molecular formula is C8H15N5O2S. The molecule has 1 atom stereocenters. The number of nitrogen functional groups attached to an aromatic ring is 1. The number of aromatic nitrogens is 2. The molecule has 8 heteroatoms. The molecule has 7 nitrogen and oxygen atoms in total. The molecule has 1 unspecified atom stereocenters. The fourth-order valence-electron chi connectivity index (χ4n) is 1.26. The lowest BCUT2D eigenvalue weighted by atomic mass is 10.4. The van der Waals surface area contributed by atoms with Crippen LogP contribution in [0.15, 0.2) is 12.3 Å². The van der Waals surface area contributed by atoms with E-state index in [1.165, 1.54) is 12.5 Å². The van der Waals surface area contributed by atoms with Gasteiger partial charge in [0.2, 0.25) is 5.95 Å². The molecule has 0 aliphatic rings. The minimum atomic E-state index is -3.01. The van der Waals surface area contributed by atoms with E-state index in [1.807, 2.05) is 0 Å². The van der Waals surface area contributed by atoms with Crippen molar-refractivity contribution in [3.8, 4) is 0 Å². The van der Waals surface area contributed by atoms with Crippen LogP contribution >= 0.6 is 0 Å². The molecule has 16 heavy (non-hydrogen) atoms. The van der Waals surface area contributed by atoms with Crippen LogP contribution in [0.3, 0.4) is 0 Å². The van der Waals surface area contributed by atoms with Gasteiger partial charge in [-0.25, -0.2) is 19.2 Å². The summed E-state index contributed by atoms with van der Waals surface area (Å²) in [4.78, 5) is 7.84. The van der Waals surface area contributed by atoms with Gasteiger partial charge in [-0.15, -0.1) is 0 Å². The van der Waals surface area contributed by atoms with E-state index in [2.05, 4.69) is 20.7 Å². The van der Waals surface area contributed by atoms with Crippen LogP contribution in [0.4, 0.5) is 11.8 Å². The lowest BCUT2D eigenvalue weighted by Crippen LogP contribution is -2.25. The van der Waals surface area contributed by atoms with Gasteiger partial charge in [-0.1, -0.05) is 0 Å². The average Bonchev–Trinajstić information content (AvgIpc) is 2.15. The number of hydrazine groups is 1. The molecule has 90 valence electrons. The summed E-state index contributed by atoms with van der Waals surface area (Å²) in [6, 6.07) is 1.41. The van der Waals surface area contributed by atoms with Crippen molar-refractivity contribution >= 4 is 21.6 Å².